The van der Waals surface area contributed by atoms with Crippen LogP contribution in [-0.4, -0.2) is 6.29 Å². The molecular formula is C23H19NO. The number of fused-ring (bicyclic) bond motifs is 1. The highest BCUT2D eigenvalue weighted by Gasteiger charge is 2.29. The van der Waals surface area contributed by atoms with Gasteiger partial charge in [0.05, 0.1) is 0 Å². The maximum Gasteiger partial charge on any atom is 0.147 e. The fourth-order valence-corrected chi connectivity index (χ4v) is 3.47. The van der Waals surface area contributed by atoms with Gasteiger partial charge >= 0.3 is 0 Å². The molecule has 3 aromatic carbocycles. The van der Waals surface area contributed by atoms with E-state index >= 15 is 0 Å². The highest BCUT2D eigenvalue weighted by atomic mass is 16.1. The lowest BCUT2D eigenvalue weighted by molar-refractivity contribution is -0.109. The van der Waals surface area contributed by atoms with Crippen molar-refractivity contribution in [2.24, 2.45) is 0 Å². The number of nitrogens with zero attached hydrogens (tertiary/aromatic N) is 1. The highest BCUT2D eigenvalue weighted by molar-refractivity contribution is 5.80. The lowest BCUT2D eigenvalue weighted by Gasteiger charge is -2.37. The predicted molar refractivity (Wildman–Crippen MR) is 102 cm³/mol. The van der Waals surface area contributed by atoms with Gasteiger partial charge in [-0.1, -0.05) is 72.8 Å². The lowest BCUT2D eigenvalue weighted by Crippen LogP contribution is -2.33. The molecule has 0 saturated heterocycles. The second-order valence-corrected chi connectivity index (χ2v) is 6.21. The van der Waals surface area contributed by atoms with Gasteiger partial charge in [-0.3, -0.25) is 0 Å². The summed E-state index contributed by atoms with van der Waals surface area (Å²) >= 11 is 0. The molecule has 0 N–H and O–H groups in total. The van der Waals surface area contributed by atoms with E-state index in [2.05, 4.69) is 53.4 Å². The highest BCUT2D eigenvalue weighted by Crippen LogP contribution is 2.38. The molecule has 0 amide bonds. The molecule has 1 unspecified atom stereocenters. The van der Waals surface area contributed by atoms with Gasteiger partial charge in [0.1, 0.15) is 12.3 Å². The molecule has 0 saturated carbocycles. The van der Waals surface area contributed by atoms with Crippen LogP contribution in [0.4, 0.5) is 5.69 Å². The van der Waals surface area contributed by atoms with Crippen molar-refractivity contribution in [1.29, 1.82) is 0 Å². The minimum Gasteiger partial charge on any atom is -0.330 e. The van der Waals surface area contributed by atoms with Crippen LogP contribution in [0.5, 0.6) is 0 Å². The number of hydrogen-bond acceptors (Lipinski definition) is 2. The third-order valence-electron chi connectivity index (χ3n) is 4.62. The van der Waals surface area contributed by atoms with Crippen molar-refractivity contribution in [1.82, 2.24) is 0 Å². The third kappa shape index (κ3) is 2.99. The van der Waals surface area contributed by atoms with E-state index in [1.807, 2.05) is 42.5 Å². The van der Waals surface area contributed by atoms with Crippen molar-refractivity contribution in [2.45, 2.75) is 12.5 Å². The molecule has 122 valence electrons. The Morgan fingerprint density at radius 3 is 2.16 bits per heavy atom. The average Bonchev–Trinajstić information content (AvgIpc) is 2.68. The molecular weight excluding hydrogens is 306 g/mol. The van der Waals surface area contributed by atoms with Crippen molar-refractivity contribution in [3.8, 4) is 0 Å². The molecule has 0 aliphatic carbocycles. The van der Waals surface area contributed by atoms with Gasteiger partial charge in [0.15, 0.2) is 0 Å². The average molecular weight is 325 g/mol. The van der Waals surface area contributed by atoms with Gasteiger partial charge in [-0.25, -0.2) is 0 Å². The van der Waals surface area contributed by atoms with E-state index in [1.54, 1.807) is 0 Å². The number of carbonyl (C=O) groups excluding carboxylic acids is 1. The number of rotatable bonds is 4. The van der Waals surface area contributed by atoms with Crippen LogP contribution in [0.25, 0.3) is 6.08 Å². The van der Waals surface area contributed by atoms with Gasteiger partial charge in [0, 0.05) is 17.8 Å². The molecule has 1 aliphatic rings. The van der Waals surface area contributed by atoms with Gasteiger partial charge in [-0.05, 0) is 34.9 Å². The molecule has 3 aromatic rings. The zero-order valence-electron chi connectivity index (χ0n) is 13.9. The number of allylic oxidation sites excluding steroid dienone is 1. The van der Waals surface area contributed by atoms with Crippen LogP contribution in [0.3, 0.4) is 0 Å². The molecule has 0 fully saturated rings. The Morgan fingerprint density at radius 2 is 1.44 bits per heavy atom. The Balaban J connectivity index is 1.84. The second kappa shape index (κ2) is 6.78. The second-order valence-electron chi connectivity index (χ2n) is 6.21. The summed E-state index contributed by atoms with van der Waals surface area (Å²) in [5.41, 5.74) is 5.58. The van der Waals surface area contributed by atoms with E-state index in [9.17, 15) is 4.79 Å². The van der Waals surface area contributed by atoms with Crippen molar-refractivity contribution in [3.63, 3.8) is 0 Å². The molecule has 1 aliphatic heterocycles. The van der Waals surface area contributed by atoms with Crippen molar-refractivity contribution in [3.05, 3.63) is 107 Å². The van der Waals surface area contributed by atoms with E-state index in [1.165, 1.54) is 5.56 Å². The molecule has 0 aromatic heterocycles. The number of carbonyl (C=O) groups is 1. The summed E-state index contributed by atoms with van der Waals surface area (Å²) in [6.07, 6.45) is 4.04. The van der Waals surface area contributed by atoms with E-state index in [0.29, 0.717) is 0 Å². The standard InChI is InChI=1S/C23H19NO/c25-17-23-22-14-8-7-11-19(22)16-21(15-18-9-3-1-4-10-18)24(23)20-12-5-2-6-13-20/h1-14,16-17,23H,15H2. The monoisotopic (exact) mass is 325 g/mol. The third-order valence-corrected chi connectivity index (χ3v) is 4.62. The van der Waals surface area contributed by atoms with Crippen molar-refractivity contribution < 1.29 is 4.79 Å². The number of para-hydroxylation sites is 1. The minimum atomic E-state index is -0.303. The summed E-state index contributed by atoms with van der Waals surface area (Å²) in [7, 11) is 0. The molecule has 4 rings (SSSR count). The first-order chi connectivity index (χ1) is 12.4. The fourth-order valence-electron chi connectivity index (χ4n) is 3.47. The van der Waals surface area contributed by atoms with Gasteiger partial charge in [0.2, 0.25) is 0 Å². The van der Waals surface area contributed by atoms with Crippen LogP contribution >= 0.6 is 0 Å². The molecule has 25 heavy (non-hydrogen) atoms. The minimum absolute atomic E-state index is 0.303. The lowest BCUT2D eigenvalue weighted by atomic mass is 9.92. The Hall–Kier alpha value is -3.13. The maximum absolute atomic E-state index is 12.0. The van der Waals surface area contributed by atoms with E-state index in [-0.39, 0.29) is 6.04 Å². The van der Waals surface area contributed by atoms with Crippen LogP contribution in [0, 0.1) is 0 Å². The number of benzene rings is 3. The van der Waals surface area contributed by atoms with Crippen LogP contribution in [0.1, 0.15) is 22.7 Å². The SMILES string of the molecule is O=CC1c2ccccc2C=C(Cc2ccccc2)N1c1ccccc1. The Morgan fingerprint density at radius 1 is 0.800 bits per heavy atom. The smallest absolute Gasteiger partial charge is 0.147 e. The first kappa shape index (κ1) is 15.4. The Bertz CT molecular complexity index is 900. The van der Waals surface area contributed by atoms with E-state index < -0.39 is 0 Å². The molecule has 2 nitrogen and oxygen atoms in total. The fraction of sp³-hybridized carbons (Fsp3) is 0.0870. The van der Waals surface area contributed by atoms with Gasteiger partial charge in [-0.2, -0.15) is 0 Å². The largest absolute Gasteiger partial charge is 0.330 e. The summed E-state index contributed by atoms with van der Waals surface area (Å²) in [6.45, 7) is 0. The van der Waals surface area contributed by atoms with Gasteiger partial charge in [0.25, 0.3) is 0 Å². The topological polar surface area (TPSA) is 20.3 Å². The zero-order chi connectivity index (χ0) is 17.1. The molecule has 0 spiro atoms. The first-order valence-electron chi connectivity index (χ1n) is 8.50. The van der Waals surface area contributed by atoms with E-state index in [0.717, 1.165) is 35.2 Å². The summed E-state index contributed by atoms with van der Waals surface area (Å²) in [6, 6.07) is 28.4. The predicted octanol–water partition coefficient (Wildman–Crippen LogP) is 5.03. The van der Waals surface area contributed by atoms with Crippen LogP contribution in [0.2, 0.25) is 0 Å². The number of anilines is 1. The number of aldehydes is 1. The normalized spacial score (nSPS) is 16.1. The quantitative estimate of drug-likeness (QED) is 0.627. The maximum atomic E-state index is 12.0. The number of hydrogen-bond donors (Lipinski definition) is 0. The van der Waals surface area contributed by atoms with Crippen LogP contribution < -0.4 is 4.90 Å². The van der Waals surface area contributed by atoms with Crippen molar-refractivity contribution in [2.75, 3.05) is 4.90 Å². The van der Waals surface area contributed by atoms with Crippen molar-refractivity contribution >= 4 is 18.0 Å². The zero-order valence-corrected chi connectivity index (χ0v) is 13.9. The Labute approximate surface area is 148 Å². The summed E-state index contributed by atoms with van der Waals surface area (Å²) in [5, 5.41) is 0. The first-order valence-corrected chi connectivity index (χ1v) is 8.50. The molecule has 0 radical (unpaired) electrons. The van der Waals surface area contributed by atoms with E-state index in [4.69, 9.17) is 0 Å². The van der Waals surface area contributed by atoms with Crippen LogP contribution in [0.15, 0.2) is 90.6 Å². The summed E-state index contributed by atoms with van der Waals surface area (Å²) < 4.78 is 0. The molecule has 1 atom stereocenters. The molecule has 2 heteroatoms. The summed E-state index contributed by atoms with van der Waals surface area (Å²) in [4.78, 5) is 14.2. The van der Waals surface area contributed by atoms with Gasteiger partial charge in [-0.15, -0.1) is 0 Å². The van der Waals surface area contributed by atoms with Gasteiger partial charge < -0.3 is 9.69 Å². The summed E-state index contributed by atoms with van der Waals surface area (Å²) in [5.74, 6) is 0. The molecule has 1 heterocycles. The van der Waals surface area contributed by atoms with Crippen LogP contribution in [-0.2, 0) is 11.2 Å². The molecule has 0 bridgehead atoms. The Kier molecular flexibility index (Phi) is 4.17.